The first-order valence-electron chi connectivity index (χ1n) is 12.1. The van der Waals surface area contributed by atoms with E-state index in [0.717, 1.165) is 39.5 Å². The lowest BCUT2D eigenvalue weighted by molar-refractivity contribution is -0.153. The van der Waals surface area contributed by atoms with Gasteiger partial charge < -0.3 is 24.7 Å². The molecule has 2 aliphatic heterocycles. The third kappa shape index (κ3) is 6.31. The molecule has 1 aromatic carbocycles. The number of carbonyl (C=O) groups is 2. The number of amides is 1. The fourth-order valence-corrected chi connectivity index (χ4v) is 5.03. The van der Waals surface area contributed by atoms with Gasteiger partial charge in [0.1, 0.15) is 17.3 Å². The zero-order valence-electron chi connectivity index (χ0n) is 21.4. The maximum Gasteiger partial charge on any atom is 0.410 e. The summed E-state index contributed by atoms with van der Waals surface area (Å²) in [7, 11) is 0. The Morgan fingerprint density at radius 3 is 2.71 bits per heavy atom. The van der Waals surface area contributed by atoms with Crippen molar-refractivity contribution in [1.82, 2.24) is 9.88 Å². The van der Waals surface area contributed by atoms with Crippen molar-refractivity contribution in [1.29, 1.82) is 0 Å². The Morgan fingerprint density at radius 1 is 1.23 bits per heavy atom. The molecule has 0 radical (unpaired) electrons. The number of nitrogens with one attached hydrogen (secondary N) is 2. The number of ether oxygens (including phenoxy) is 2. The second-order valence-electron chi connectivity index (χ2n) is 11.3. The van der Waals surface area contributed by atoms with Gasteiger partial charge in [-0.25, -0.2) is 4.79 Å². The van der Waals surface area contributed by atoms with Gasteiger partial charge >= 0.3 is 12.1 Å². The van der Waals surface area contributed by atoms with Gasteiger partial charge in [-0.15, -0.1) is 11.8 Å². The molecular formula is C26H36N4O4S. The van der Waals surface area contributed by atoms with E-state index in [-0.39, 0.29) is 24.1 Å². The van der Waals surface area contributed by atoms with Gasteiger partial charge in [-0.05, 0) is 60.1 Å². The van der Waals surface area contributed by atoms with E-state index in [4.69, 9.17) is 14.5 Å². The van der Waals surface area contributed by atoms with Crippen LogP contribution in [0.15, 0.2) is 29.3 Å². The molecule has 3 heterocycles. The van der Waals surface area contributed by atoms with Gasteiger partial charge in [-0.2, -0.15) is 0 Å². The summed E-state index contributed by atoms with van der Waals surface area (Å²) in [5, 5.41) is 5.63. The number of carbonyl (C=O) groups excluding carboxylic acids is 2. The van der Waals surface area contributed by atoms with E-state index in [1.54, 1.807) is 16.7 Å². The average Bonchev–Trinajstić information content (AvgIpc) is 3.49. The number of aliphatic imine (C=N–C) groups is 1. The number of hydrogen-bond acceptors (Lipinski definition) is 7. The summed E-state index contributed by atoms with van der Waals surface area (Å²) in [6.07, 6.45) is 0.599. The van der Waals surface area contributed by atoms with Crippen LogP contribution in [0.4, 0.5) is 10.5 Å². The van der Waals surface area contributed by atoms with Crippen LogP contribution < -0.4 is 5.32 Å². The Labute approximate surface area is 211 Å². The van der Waals surface area contributed by atoms with Crippen molar-refractivity contribution in [2.45, 2.75) is 65.6 Å². The van der Waals surface area contributed by atoms with Crippen molar-refractivity contribution in [3.05, 3.63) is 30.0 Å². The van der Waals surface area contributed by atoms with Crippen molar-refractivity contribution >= 4 is 45.5 Å². The molecule has 2 aliphatic rings. The third-order valence-corrected chi connectivity index (χ3v) is 6.97. The lowest BCUT2D eigenvalue weighted by atomic mass is 9.97. The molecule has 0 bridgehead atoms. The fraction of sp³-hybridized carbons (Fsp3) is 0.577. The number of thioether (sulfide) groups is 1. The number of anilines is 1. The second kappa shape index (κ2) is 9.76. The van der Waals surface area contributed by atoms with E-state index in [0.29, 0.717) is 19.7 Å². The number of nitrogens with zero attached hydrogens (tertiary/aromatic N) is 2. The summed E-state index contributed by atoms with van der Waals surface area (Å²) in [4.78, 5) is 34.6. The minimum atomic E-state index is -0.512. The number of hydrogen-bond donors (Lipinski definition) is 2. The molecule has 1 amide bonds. The molecule has 1 fully saturated rings. The monoisotopic (exact) mass is 500 g/mol. The molecule has 1 unspecified atom stereocenters. The van der Waals surface area contributed by atoms with Crippen LogP contribution in [-0.4, -0.2) is 70.1 Å². The van der Waals surface area contributed by atoms with Crippen LogP contribution in [-0.2, 0) is 14.3 Å². The van der Waals surface area contributed by atoms with Crippen LogP contribution in [0.1, 0.15) is 53.7 Å². The molecule has 0 saturated carbocycles. The highest BCUT2D eigenvalue weighted by atomic mass is 32.2. The highest BCUT2D eigenvalue weighted by molar-refractivity contribution is 8.14. The number of aromatic nitrogens is 1. The van der Waals surface area contributed by atoms with Gasteiger partial charge in [0.05, 0.1) is 28.4 Å². The molecule has 2 N–H and O–H groups in total. The molecule has 1 aromatic heterocycles. The first kappa shape index (κ1) is 25.4. The van der Waals surface area contributed by atoms with Crippen molar-refractivity contribution in [3.63, 3.8) is 0 Å². The lowest BCUT2D eigenvalue weighted by Crippen LogP contribution is -2.36. The maximum atomic E-state index is 12.4. The average molecular weight is 501 g/mol. The Hall–Kier alpha value is -2.68. The molecule has 1 saturated heterocycles. The van der Waals surface area contributed by atoms with Gasteiger partial charge in [-0.1, -0.05) is 12.1 Å². The highest BCUT2D eigenvalue weighted by Gasteiger charge is 2.30. The van der Waals surface area contributed by atoms with E-state index >= 15 is 0 Å². The SMILES string of the molecule is CC(C)(C)OC(=O)N1CCC(Nc2cccc3cc(C4=N[C@H](COC(=O)C(C)(C)C)CS4)[nH]c23)C1. The van der Waals surface area contributed by atoms with Crippen LogP contribution in [0.3, 0.4) is 0 Å². The van der Waals surface area contributed by atoms with Crippen LogP contribution in [0.5, 0.6) is 0 Å². The molecule has 2 aromatic rings. The second-order valence-corrected chi connectivity index (χ2v) is 12.3. The number of likely N-dealkylation sites (tertiary alicyclic amines) is 1. The fourth-order valence-electron chi connectivity index (χ4n) is 4.02. The number of benzene rings is 1. The summed E-state index contributed by atoms with van der Waals surface area (Å²) < 4.78 is 11.0. The predicted octanol–water partition coefficient (Wildman–Crippen LogP) is 5.04. The van der Waals surface area contributed by atoms with Crippen molar-refractivity contribution in [2.75, 3.05) is 30.8 Å². The zero-order valence-corrected chi connectivity index (χ0v) is 22.3. The number of rotatable bonds is 5. The summed E-state index contributed by atoms with van der Waals surface area (Å²) in [5.74, 6) is 0.583. The molecule has 0 spiro atoms. The normalized spacial score (nSPS) is 20.7. The largest absolute Gasteiger partial charge is 0.463 e. The molecule has 35 heavy (non-hydrogen) atoms. The smallest absolute Gasteiger partial charge is 0.410 e. The Balaban J connectivity index is 1.41. The Morgan fingerprint density at radius 2 is 2.00 bits per heavy atom. The molecule has 190 valence electrons. The number of para-hydroxylation sites is 1. The van der Waals surface area contributed by atoms with Gasteiger partial charge in [0.2, 0.25) is 0 Å². The van der Waals surface area contributed by atoms with Crippen LogP contribution in [0.25, 0.3) is 10.9 Å². The first-order valence-corrected chi connectivity index (χ1v) is 13.1. The zero-order chi connectivity index (χ0) is 25.4. The quantitative estimate of drug-likeness (QED) is 0.559. The van der Waals surface area contributed by atoms with E-state index in [1.165, 1.54) is 0 Å². The number of aromatic amines is 1. The van der Waals surface area contributed by atoms with Crippen LogP contribution in [0, 0.1) is 5.41 Å². The van der Waals surface area contributed by atoms with Crippen LogP contribution >= 0.6 is 11.8 Å². The van der Waals surface area contributed by atoms with Crippen LogP contribution in [0.2, 0.25) is 0 Å². The van der Waals surface area contributed by atoms with Gasteiger partial charge in [0.15, 0.2) is 0 Å². The lowest BCUT2D eigenvalue weighted by Gasteiger charge is -2.24. The maximum absolute atomic E-state index is 12.4. The summed E-state index contributed by atoms with van der Waals surface area (Å²) in [6.45, 7) is 12.8. The molecule has 8 nitrogen and oxygen atoms in total. The number of esters is 1. The summed E-state index contributed by atoms with van der Waals surface area (Å²) in [6, 6.07) is 8.38. The van der Waals surface area contributed by atoms with Crippen molar-refractivity contribution in [3.8, 4) is 0 Å². The molecule has 2 atom stereocenters. The molecule has 9 heteroatoms. The standard InChI is InChI=1S/C26H36N4O4S/c1-25(2,3)23(31)33-14-18-15-35-22(28-18)20-12-16-8-7-9-19(21(16)29-20)27-17-10-11-30(13-17)24(32)34-26(4,5)6/h7-9,12,17-18,27,29H,10-11,13-15H2,1-6H3/t17?,18-/m1/s1. The molecule has 0 aliphatic carbocycles. The van der Waals surface area contributed by atoms with Gasteiger partial charge in [0, 0.05) is 30.3 Å². The van der Waals surface area contributed by atoms with Gasteiger partial charge in [-0.3, -0.25) is 9.79 Å². The van der Waals surface area contributed by atoms with Crippen molar-refractivity contribution in [2.24, 2.45) is 10.4 Å². The highest BCUT2D eigenvalue weighted by Crippen LogP contribution is 2.30. The third-order valence-electron chi connectivity index (χ3n) is 5.82. The minimum Gasteiger partial charge on any atom is -0.463 e. The molecular weight excluding hydrogens is 464 g/mol. The minimum absolute atomic E-state index is 0.0392. The topological polar surface area (TPSA) is 96.0 Å². The van der Waals surface area contributed by atoms with E-state index < -0.39 is 11.0 Å². The van der Waals surface area contributed by atoms with Crippen molar-refractivity contribution < 1.29 is 19.1 Å². The number of fused-ring (bicyclic) bond motifs is 1. The molecule has 4 rings (SSSR count). The number of H-pyrrole nitrogens is 1. The summed E-state index contributed by atoms with van der Waals surface area (Å²) in [5.41, 5.74) is 1.98. The first-order chi connectivity index (χ1) is 16.4. The van der Waals surface area contributed by atoms with E-state index in [1.807, 2.05) is 47.6 Å². The summed E-state index contributed by atoms with van der Waals surface area (Å²) >= 11 is 1.67. The Bertz CT molecular complexity index is 1130. The van der Waals surface area contributed by atoms with E-state index in [2.05, 4.69) is 28.5 Å². The Kier molecular flexibility index (Phi) is 7.09. The van der Waals surface area contributed by atoms with E-state index in [9.17, 15) is 9.59 Å². The predicted molar refractivity (Wildman–Crippen MR) is 141 cm³/mol. The van der Waals surface area contributed by atoms with Gasteiger partial charge in [0.25, 0.3) is 0 Å².